The minimum Gasteiger partial charge on any atom is -0.494 e. The third-order valence-corrected chi connectivity index (χ3v) is 3.54. The molecule has 0 aliphatic heterocycles. The van der Waals surface area contributed by atoms with Crippen molar-refractivity contribution in [2.24, 2.45) is 5.73 Å². The van der Waals surface area contributed by atoms with Gasteiger partial charge in [-0.15, -0.1) is 11.3 Å². The van der Waals surface area contributed by atoms with Gasteiger partial charge in [-0.2, -0.15) is 0 Å². The van der Waals surface area contributed by atoms with E-state index in [1.165, 1.54) is 0 Å². The Morgan fingerprint density at radius 3 is 2.83 bits per heavy atom. The monoisotopic (exact) mass is 262 g/mol. The molecule has 1 unspecified atom stereocenters. The zero-order chi connectivity index (χ0) is 13.0. The molecular formula is C14H18N2OS. The van der Waals surface area contributed by atoms with Gasteiger partial charge in [-0.25, -0.2) is 4.98 Å². The van der Waals surface area contributed by atoms with Crippen LogP contribution in [0.3, 0.4) is 0 Å². The van der Waals surface area contributed by atoms with Crippen LogP contribution in [0.1, 0.15) is 29.2 Å². The highest BCUT2D eigenvalue weighted by Crippen LogP contribution is 2.26. The second-order valence-corrected chi connectivity index (χ2v) is 5.20. The van der Waals surface area contributed by atoms with Gasteiger partial charge in [0.05, 0.1) is 17.3 Å². The highest BCUT2D eigenvalue weighted by molar-refractivity contribution is 7.09. The number of aryl methyl sites for hydroxylation is 1. The summed E-state index contributed by atoms with van der Waals surface area (Å²) in [5.41, 5.74) is 8.35. The number of rotatable bonds is 5. The van der Waals surface area contributed by atoms with E-state index < -0.39 is 0 Å². The van der Waals surface area contributed by atoms with Crippen LogP contribution in [-0.4, -0.2) is 11.6 Å². The second-order valence-electron chi connectivity index (χ2n) is 4.14. The number of para-hydroxylation sites is 1. The maximum Gasteiger partial charge on any atom is 0.124 e. The third-order valence-electron chi connectivity index (χ3n) is 2.71. The van der Waals surface area contributed by atoms with Crippen molar-refractivity contribution in [2.75, 3.05) is 6.61 Å². The van der Waals surface area contributed by atoms with E-state index in [0.717, 1.165) is 28.4 Å². The Bertz CT molecular complexity index is 510. The number of hydrogen-bond donors (Lipinski definition) is 1. The van der Waals surface area contributed by atoms with Gasteiger partial charge in [0.2, 0.25) is 0 Å². The van der Waals surface area contributed by atoms with Gasteiger partial charge in [0.1, 0.15) is 5.75 Å². The first-order valence-electron chi connectivity index (χ1n) is 6.09. The zero-order valence-corrected chi connectivity index (χ0v) is 11.5. The van der Waals surface area contributed by atoms with Gasteiger partial charge in [0, 0.05) is 23.4 Å². The summed E-state index contributed by atoms with van der Waals surface area (Å²) < 4.78 is 5.60. The van der Waals surface area contributed by atoms with E-state index in [-0.39, 0.29) is 6.04 Å². The van der Waals surface area contributed by atoms with Gasteiger partial charge < -0.3 is 10.5 Å². The van der Waals surface area contributed by atoms with Crippen LogP contribution in [0.4, 0.5) is 0 Å². The largest absolute Gasteiger partial charge is 0.494 e. The second kappa shape index (κ2) is 5.98. The molecule has 1 atom stereocenters. The highest BCUT2D eigenvalue weighted by Gasteiger charge is 2.13. The van der Waals surface area contributed by atoms with Crippen LogP contribution in [0.5, 0.6) is 5.75 Å². The van der Waals surface area contributed by atoms with Gasteiger partial charge in [-0.3, -0.25) is 0 Å². The maximum atomic E-state index is 6.25. The molecule has 2 rings (SSSR count). The van der Waals surface area contributed by atoms with Gasteiger partial charge in [0.15, 0.2) is 0 Å². The number of nitrogens with two attached hydrogens (primary N) is 1. The molecule has 96 valence electrons. The number of hydrogen-bond acceptors (Lipinski definition) is 4. The molecular weight excluding hydrogens is 244 g/mol. The summed E-state index contributed by atoms with van der Waals surface area (Å²) in [6.07, 6.45) is 0.744. The van der Waals surface area contributed by atoms with E-state index >= 15 is 0 Å². The minimum atomic E-state index is -0.0748. The molecule has 1 heterocycles. The van der Waals surface area contributed by atoms with Crippen LogP contribution in [0.15, 0.2) is 29.6 Å². The lowest BCUT2D eigenvalue weighted by Crippen LogP contribution is -2.15. The van der Waals surface area contributed by atoms with Crippen molar-refractivity contribution in [3.8, 4) is 5.75 Å². The lowest BCUT2D eigenvalue weighted by Gasteiger charge is -2.15. The van der Waals surface area contributed by atoms with Crippen molar-refractivity contribution in [1.82, 2.24) is 4.98 Å². The maximum absolute atomic E-state index is 6.25. The normalized spacial score (nSPS) is 12.4. The number of aromatic nitrogens is 1. The molecule has 0 spiro atoms. The molecule has 1 aromatic carbocycles. The fourth-order valence-corrected chi connectivity index (χ4v) is 2.54. The quantitative estimate of drug-likeness (QED) is 0.900. The van der Waals surface area contributed by atoms with Crippen LogP contribution in [0, 0.1) is 6.92 Å². The molecule has 3 nitrogen and oxygen atoms in total. The van der Waals surface area contributed by atoms with Gasteiger partial charge in [-0.1, -0.05) is 18.2 Å². The number of nitrogens with zero attached hydrogens (tertiary/aromatic N) is 1. The molecule has 2 aromatic rings. The van der Waals surface area contributed by atoms with Crippen LogP contribution >= 0.6 is 11.3 Å². The Balaban J connectivity index is 2.15. The molecule has 0 saturated heterocycles. The predicted octanol–water partition coefficient (Wildman–Crippen LogP) is 3.09. The summed E-state index contributed by atoms with van der Waals surface area (Å²) in [6, 6.07) is 7.87. The van der Waals surface area contributed by atoms with E-state index in [0.29, 0.717) is 6.61 Å². The molecule has 0 aliphatic rings. The van der Waals surface area contributed by atoms with Crippen molar-refractivity contribution in [1.29, 1.82) is 0 Å². The van der Waals surface area contributed by atoms with E-state index in [1.54, 1.807) is 11.3 Å². The SMILES string of the molecule is CCOc1ccccc1C(N)Cc1csc(C)n1. The summed E-state index contributed by atoms with van der Waals surface area (Å²) in [4.78, 5) is 4.45. The van der Waals surface area contributed by atoms with Crippen LogP contribution < -0.4 is 10.5 Å². The minimum absolute atomic E-state index is 0.0748. The molecule has 0 radical (unpaired) electrons. The summed E-state index contributed by atoms with van der Waals surface area (Å²) in [5.74, 6) is 0.874. The smallest absolute Gasteiger partial charge is 0.124 e. The number of benzene rings is 1. The predicted molar refractivity (Wildman–Crippen MR) is 75.1 cm³/mol. The lowest BCUT2D eigenvalue weighted by atomic mass is 10.0. The van der Waals surface area contributed by atoms with Crippen molar-refractivity contribution in [3.05, 3.63) is 45.9 Å². The average Bonchev–Trinajstić information content (AvgIpc) is 2.76. The molecule has 18 heavy (non-hydrogen) atoms. The molecule has 0 amide bonds. The Morgan fingerprint density at radius 2 is 2.17 bits per heavy atom. The van der Waals surface area contributed by atoms with E-state index in [1.807, 2.05) is 38.1 Å². The van der Waals surface area contributed by atoms with Crippen LogP contribution in [-0.2, 0) is 6.42 Å². The molecule has 0 bridgehead atoms. The molecule has 0 saturated carbocycles. The standard InChI is InChI=1S/C14H18N2OS/c1-3-17-14-7-5-4-6-12(14)13(15)8-11-9-18-10(2)16-11/h4-7,9,13H,3,8,15H2,1-2H3. The summed E-state index contributed by atoms with van der Waals surface area (Å²) in [6.45, 7) is 4.64. The van der Waals surface area contributed by atoms with Crippen LogP contribution in [0.2, 0.25) is 0 Å². The van der Waals surface area contributed by atoms with Gasteiger partial charge in [0.25, 0.3) is 0 Å². The van der Waals surface area contributed by atoms with Crippen LogP contribution in [0.25, 0.3) is 0 Å². The summed E-state index contributed by atoms with van der Waals surface area (Å²) >= 11 is 1.66. The fraction of sp³-hybridized carbons (Fsp3) is 0.357. The molecule has 1 aromatic heterocycles. The number of ether oxygens (including phenoxy) is 1. The Hall–Kier alpha value is -1.39. The Kier molecular flexibility index (Phi) is 4.33. The average molecular weight is 262 g/mol. The first kappa shape index (κ1) is 13.1. The zero-order valence-electron chi connectivity index (χ0n) is 10.7. The lowest BCUT2D eigenvalue weighted by molar-refractivity contribution is 0.334. The molecule has 4 heteroatoms. The van der Waals surface area contributed by atoms with Crippen molar-refractivity contribution < 1.29 is 4.74 Å². The van der Waals surface area contributed by atoms with E-state index in [9.17, 15) is 0 Å². The van der Waals surface area contributed by atoms with Crippen molar-refractivity contribution in [3.63, 3.8) is 0 Å². The van der Waals surface area contributed by atoms with Gasteiger partial charge >= 0.3 is 0 Å². The molecule has 2 N–H and O–H groups in total. The van der Waals surface area contributed by atoms with E-state index in [2.05, 4.69) is 10.4 Å². The first-order valence-corrected chi connectivity index (χ1v) is 6.97. The van der Waals surface area contributed by atoms with Gasteiger partial charge in [-0.05, 0) is 19.9 Å². The Morgan fingerprint density at radius 1 is 1.39 bits per heavy atom. The topological polar surface area (TPSA) is 48.1 Å². The summed E-state index contributed by atoms with van der Waals surface area (Å²) in [5, 5.41) is 3.15. The first-order chi connectivity index (χ1) is 8.70. The number of thiazole rings is 1. The van der Waals surface area contributed by atoms with Crippen molar-refractivity contribution in [2.45, 2.75) is 26.3 Å². The molecule has 0 aliphatic carbocycles. The third kappa shape index (κ3) is 3.09. The Labute approximate surface area is 112 Å². The highest BCUT2D eigenvalue weighted by atomic mass is 32.1. The summed E-state index contributed by atoms with van der Waals surface area (Å²) in [7, 11) is 0. The van der Waals surface area contributed by atoms with E-state index in [4.69, 9.17) is 10.5 Å². The van der Waals surface area contributed by atoms with Crippen molar-refractivity contribution >= 4 is 11.3 Å². The molecule has 0 fully saturated rings. The fourth-order valence-electron chi connectivity index (χ4n) is 1.91.